The molecule has 48 heavy (non-hydrogen) atoms. The first-order valence-corrected chi connectivity index (χ1v) is 17.4. The number of amides is 2. The van der Waals surface area contributed by atoms with Gasteiger partial charge in [-0.05, 0) is 97.2 Å². The first kappa shape index (κ1) is 34.1. The summed E-state index contributed by atoms with van der Waals surface area (Å²) in [7, 11) is 0. The van der Waals surface area contributed by atoms with E-state index in [1.165, 1.54) is 16.5 Å². The lowest BCUT2D eigenvalue weighted by atomic mass is 9.67. The van der Waals surface area contributed by atoms with Crippen molar-refractivity contribution in [1.82, 2.24) is 14.8 Å². The highest BCUT2D eigenvalue weighted by Crippen LogP contribution is 2.48. The number of carbonyl (C=O) groups excluding carboxylic acids is 2. The third-order valence-electron chi connectivity index (χ3n) is 10.4. The van der Waals surface area contributed by atoms with E-state index < -0.39 is 23.9 Å². The van der Waals surface area contributed by atoms with E-state index in [-0.39, 0.29) is 30.2 Å². The topological polar surface area (TPSA) is 114 Å². The van der Waals surface area contributed by atoms with Gasteiger partial charge in [0.15, 0.2) is 0 Å². The van der Waals surface area contributed by atoms with Crippen molar-refractivity contribution in [2.75, 3.05) is 19.7 Å². The Hall–Kier alpha value is -3.82. The number of piperidine rings is 1. The molecule has 4 atom stereocenters. The Balaban J connectivity index is 1.18. The van der Waals surface area contributed by atoms with Crippen LogP contribution in [-0.4, -0.2) is 73.8 Å². The zero-order chi connectivity index (χ0) is 33.8. The Bertz CT molecular complexity index is 1670. The van der Waals surface area contributed by atoms with Crippen LogP contribution < -0.4 is 0 Å². The number of hydrogen-bond acceptors (Lipinski definition) is 7. The van der Waals surface area contributed by atoms with Crippen molar-refractivity contribution in [1.29, 1.82) is 0 Å². The smallest absolute Gasteiger partial charge is 0.234 e. The van der Waals surface area contributed by atoms with E-state index in [2.05, 4.69) is 22.0 Å². The lowest BCUT2D eigenvalue weighted by molar-refractivity contribution is -0.144. The third-order valence-corrected chi connectivity index (χ3v) is 10.7. The van der Waals surface area contributed by atoms with E-state index in [0.717, 1.165) is 49.3 Å². The molecule has 2 aromatic carbocycles. The molecule has 2 amide bonds. The van der Waals surface area contributed by atoms with Gasteiger partial charge in [0.25, 0.3) is 0 Å². The summed E-state index contributed by atoms with van der Waals surface area (Å²) in [4.78, 5) is 36.4. The number of aromatic nitrogens is 1. The molecule has 8 nitrogen and oxygen atoms in total. The molecule has 3 aromatic rings. The summed E-state index contributed by atoms with van der Waals surface area (Å²) in [6.45, 7) is 4.14. The first-order chi connectivity index (χ1) is 23.3. The van der Waals surface area contributed by atoms with Gasteiger partial charge in [-0.2, -0.15) is 0 Å². The molecule has 0 saturated carbocycles. The highest BCUT2D eigenvalue weighted by atomic mass is 35.5. The summed E-state index contributed by atoms with van der Waals surface area (Å²) in [5.74, 6) is -2.07. The van der Waals surface area contributed by atoms with Crippen LogP contribution in [0.1, 0.15) is 62.3 Å². The van der Waals surface area contributed by atoms with Crippen LogP contribution in [0.5, 0.6) is 5.75 Å². The monoisotopic (exact) mass is 669 g/mol. The van der Waals surface area contributed by atoms with E-state index in [1.807, 2.05) is 49.4 Å². The number of likely N-dealkylation sites (tertiary alicyclic amines) is 2. The maximum Gasteiger partial charge on any atom is 0.234 e. The van der Waals surface area contributed by atoms with Crippen molar-refractivity contribution in [2.45, 2.75) is 64.1 Å². The fraction of sp³-hybridized carbons (Fsp3) is 0.410. The Morgan fingerprint density at radius 3 is 2.46 bits per heavy atom. The molecular formula is C39H44ClN3O5. The number of nitrogens with zero attached hydrogens (tertiary/aromatic N) is 3. The fourth-order valence-corrected chi connectivity index (χ4v) is 8.18. The second-order valence-electron chi connectivity index (χ2n) is 13.2. The van der Waals surface area contributed by atoms with Crippen LogP contribution in [-0.2, 0) is 16.1 Å². The normalized spacial score (nSPS) is 23.1. The maximum atomic E-state index is 14.1. The summed E-state index contributed by atoms with van der Waals surface area (Å²) in [6, 6.07) is 20.6. The van der Waals surface area contributed by atoms with E-state index in [1.54, 1.807) is 18.3 Å². The highest BCUT2D eigenvalue weighted by molar-refractivity contribution is 6.32. The summed E-state index contributed by atoms with van der Waals surface area (Å²) in [5, 5.41) is 32.8. The molecule has 3 aliphatic rings. The van der Waals surface area contributed by atoms with Gasteiger partial charge >= 0.3 is 0 Å². The van der Waals surface area contributed by atoms with E-state index in [4.69, 9.17) is 11.6 Å². The number of aromatic hydroxyl groups is 1. The van der Waals surface area contributed by atoms with Gasteiger partial charge in [-0.15, -0.1) is 0 Å². The number of halogens is 1. The molecule has 2 fully saturated rings. The van der Waals surface area contributed by atoms with Gasteiger partial charge < -0.3 is 15.3 Å². The van der Waals surface area contributed by atoms with Crippen LogP contribution in [0.15, 0.2) is 84.1 Å². The van der Waals surface area contributed by atoms with Crippen molar-refractivity contribution < 1.29 is 24.9 Å². The number of hydrogen-bond donors (Lipinski definition) is 3. The van der Waals surface area contributed by atoms with Crippen LogP contribution in [0.25, 0.3) is 11.6 Å². The average Bonchev–Trinajstić information content (AvgIpc) is 3.36. The van der Waals surface area contributed by atoms with Crippen molar-refractivity contribution in [3.8, 4) is 5.75 Å². The van der Waals surface area contributed by atoms with Gasteiger partial charge in [0, 0.05) is 37.8 Å². The number of phenols is 1. The SMILES string of the molecule is CCC1=C([C@H](O)CC/C(=C/c2ccc(O)cc2Cl)c2ccccn2)[C@H](CO)[C@@H]2C(=O)N(C3CCN(Cc4ccccc4)CC3)C(=O)[C@@H]2C1. The minimum absolute atomic E-state index is 0.0728. The largest absolute Gasteiger partial charge is 0.508 e. The van der Waals surface area contributed by atoms with Gasteiger partial charge in [-0.3, -0.25) is 24.4 Å². The van der Waals surface area contributed by atoms with Gasteiger partial charge in [0.05, 0.1) is 35.3 Å². The summed E-state index contributed by atoms with van der Waals surface area (Å²) in [5.41, 5.74) is 5.21. The Morgan fingerprint density at radius 2 is 1.79 bits per heavy atom. The minimum Gasteiger partial charge on any atom is -0.508 e. The number of phenolic OH excluding ortho intramolecular Hbond substituents is 1. The van der Waals surface area contributed by atoms with Gasteiger partial charge in [-0.25, -0.2) is 0 Å². The predicted octanol–water partition coefficient (Wildman–Crippen LogP) is 6.11. The number of allylic oxidation sites excluding steroid dienone is 2. The molecule has 0 unspecified atom stereocenters. The average molecular weight is 670 g/mol. The quantitative estimate of drug-likeness (QED) is 0.167. The molecular weight excluding hydrogens is 626 g/mol. The molecule has 9 heteroatoms. The molecule has 3 N–H and O–H groups in total. The summed E-state index contributed by atoms with van der Waals surface area (Å²) >= 11 is 6.43. The Morgan fingerprint density at radius 1 is 1.04 bits per heavy atom. The number of pyridine rings is 1. The lowest BCUT2D eigenvalue weighted by Crippen LogP contribution is -2.47. The number of aliphatic hydroxyl groups is 2. The number of imide groups is 1. The van der Waals surface area contributed by atoms with Crippen molar-refractivity contribution in [3.63, 3.8) is 0 Å². The molecule has 0 bridgehead atoms. The number of aliphatic hydroxyl groups excluding tert-OH is 2. The zero-order valence-electron chi connectivity index (χ0n) is 27.3. The third kappa shape index (κ3) is 7.13. The Labute approximate surface area is 287 Å². The number of carbonyl (C=O) groups is 2. The zero-order valence-corrected chi connectivity index (χ0v) is 28.1. The van der Waals surface area contributed by atoms with Crippen molar-refractivity contribution in [3.05, 3.63) is 106 Å². The van der Waals surface area contributed by atoms with Gasteiger partial charge in [-0.1, -0.05) is 60.5 Å². The summed E-state index contributed by atoms with van der Waals surface area (Å²) < 4.78 is 0. The first-order valence-electron chi connectivity index (χ1n) is 17.0. The summed E-state index contributed by atoms with van der Waals surface area (Å²) in [6.07, 6.45) is 5.98. The van der Waals surface area contributed by atoms with E-state index in [9.17, 15) is 24.9 Å². The van der Waals surface area contributed by atoms with E-state index >= 15 is 0 Å². The van der Waals surface area contributed by atoms with E-state index in [0.29, 0.717) is 41.8 Å². The molecule has 1 aliphatic carbocycles. The molecule has 2 aliphatic heterocycles. The maximum absolute atomic E-state index is 14.1. The van der Waals surface area contributed by atoms with Crippen LogP contribution in [0.3, 0.4) is 0 Å². The molecule has 0 spiro atoms. The molecule has 2 saturated heterocycles. The number of benzene rings is 2. The van der Waals surface area contributed by atoms with Crippen LogP contribution in [0.2, 0.25) is 5.02 Å². The Kier molecular flexibility index (Phi) is 10.8. The molecule has 3 heterocycles. The number of rotatable bonds is 11. The number of fused-ring (bicyclic) bond motifs is 1. The molecule has 0 radical (unpaired) electrons. The van der Waals surface area contributed by atoms with Gasteiger partial charge in [0.1, 0.15) is 5.75 Å². The predicted molar refractivity (Wildman–Crippen MR) is 187 cm³/mol. The lowest BCUT2D eigenvalue weighted by Gasteiger charge is -2.37. The fourth-order valence-electron chi connectivity index (χ4n) is 7.96. The molecule has 252 valence electrons. The second-order valence-corrected chi connectivity index (χ2v) is 13.6. The standard InChI is InChI=1S/C39H44ClN3O5/c1-2-26-21-31-37(39(48)43(38(31)47)29-15-18-42(19-16-29)23-25-8-4-3-5-9-25)32(24-44)36(26)35(46)14-12-28(34-10-6-7-17-41-34)20-27-11-13-30(45)22-33(27)40/h3-11,13,17,20,22,29,31-32,35,37,44-46H,2,12,14-16,18-19,21,23-24H2,1H3/b28-20-/t31-,32+,35-,37-/m1/s1. The van der Waals surface area contributed by atoms with Crippen molar-refractivity contribution >= 4 is 35.1 Å². The van der Waals surface area contributed by atoms with Gasteiger partial charge in [0.2, 0.25) is 11.8 Å². The second kappa shape index (κ2) is 15.2. The highest BCUT2D eigenvalue weighted by Gasteiger charge is 2.56. The molecule has 1 aromatic heterocycles. The molecule has 6 rings (SSSR count). The van der Waals surface area contributed by atoms with Crippen LogP contribution >= 0.6 is 11.6 Å². The van der Waals surface area contributed by atoms with Crippen molar-refractivity contribution in [2.24, 2.45) is 17.8 Å². The van der Waals surface area contributed by atoms with Crippen LogP contribution in [0.4, 0.5) is 0 Å². The van der Waals surface area contributed by atoms with Crippen LogP contribution in [0, 0.1) is 17.8 Å². The minimum atomic E-state index is -0.918.